The molecule has 0 saturated heterocycles. The van der Waals surface area contributed by atoms with Crippen molar-refractivity contribution < 1.29 is 9.63 Å². The van der Waals surface area contributed by atoms with Crippen molar-refractivity contribution >= 4 is 51.6 Å². The monoisotopic (exact) mass is 443 g/mol. The molecule has 23 heavy (non-hydrogen) atoms. The van der Waals surface area contributed by atoms with Crippen molar-refractivity contribution in [2.24, 2.45) is 10.9 Å². The number of halogens is 2. The molecule has 7 heteroatoms. The smallest absolute Gasteiger partial charge is 0.267 e. The minimum Gasteiger partial charge on any atom is -0.381 e. The van der Waals surface area contributed by atoms with Gasteiger partial charge in [-0.05, 0) is 59.8 Å². The van der Waals surface area contributed by atoms with Crippen LogP contribution in [-0.4, -0.2) is 17.8 Å². The molecule has 0 heterocycles. The molecule has 0 radical (unpaired) electrons. The van der Waals surface area contributed by atoms with Gasteiger partial charge in [0.15, 0.2) is 5.84 Å². The third kappa shape index (κ3) is 5.40. The lowest BCUT2D eigenvalue weighted by Gasteiger charge is -2.11. The molecule has 2 aromatic carbocycles. The molecule has 0 bridgehead atoms. The zero-order valence-corrected chi connectivity index (χ0v) is 15.2. The summed E-state index contributed by atoms with van der Waals surface area (Å²) in [4.78, 5) is 17.2. The standard InChI is InChI=1S/C16H15ClIN3O2/c1-10(16(22)20-14-7-3-6-13(18)9-14)23-21-15(19)11-4-2-5-12(17)8-11/h2-10H,1H3,(H2,19,21)(H,20,22). The molecule has 1 unspecified atom stereocenters. The number of amides is 1. The second kappa shape index (κ2) is 8.16. The van der Waals surface area contributed by atoms with E-state index in [1.165, 1.54) is 0 Å². The van der Waals surface area contributed by atoms with Crippen molar-refractivity contribution in [3.05, 3.63) is 62.7 Å². The Bertz CT molecular complexity index is 737. The summed E-state index contributed by atoms with van der Waals surface area (Å²) in [5.41, 5.74) is 7.14. The van der Waals surface area contributed by atoms with Crippen LogP contribution in [-0.2, 0) is 9.63 Å². The van der Waals surface area contributed by atoms with Crippen LogP contribution in [0.3, 0.4) is 0 Å². The largest absolute Gasteiger partial charge is 0.381 e. The average molecular weight is 444 g/mol. The highest BCUT2D eigenvalue weighted by atomic mass is 127. The number of carbonyl (C=O) groups excluding carboxylic acids is 1. The van der Waals surface area contributed by atoms with Crippen LogP contribution >= 0.6 is 34.2 Å². The van der Waals surface area contributed by atoms with Gasteiger partial charge in [0.2, 0.25) is 6.10 Å². The van der Waals surface area contributed by atoms with E-state index < -0.39 is 6.10 Å². The lowest BCUT2D eigenvalue weighted by Crippen LogP contribution is -2.27. The van der Waals surface area contributed by atoms with E-state index in [1.807, 2.05) is 18.2 Å². The molecule has 1 atom stereocenters. The summed E-state index contributed by atoms with van der Waals surface area (Å²) in [7, 11) is 0. The highest BCUT2D eigenvalue weighted by Crippen LogP contribution is 2.13. The number of hydrogen-bond donors (Lipinski definition) is 2. The number of amidine groups is 1. The number of nitrogens with one attached hydrogen (secondary N) is 1. The second-order valence-electron chi connectivity index (χ2n) is 4.73. The molecular weight excluding hydrogens is 429 g/mol. The van der Waals surface area contributed by atoms with E-state index in [0.29, 0.717) is 16.3 Å². The third-order valence-corrected chi connectivity index (χ3v) is 3.80. The molecule has 0 saturated carbocycles. The normalized spacial score (nSPS) is 12.6. The Labute approximate surface area is 153 Å². The fourth-order valence-electron chi connectivity index (χ4n) is 1.69. The van der Waals surface area contributed by atoms with E-state index in [-0.39, 0.29) is 11.7 Å². The van der Waals surface area contributed by atoms with Crippen LogP contribution < -0.4 is 11.1 Å². The first kappa shape index (κ1) is 17.6. The van der Waals surface area contributed by atoms with Crippen molar-refractivity contribution in [1.82, 2.24) is 0 Å². The molecule has 0 aliphatic rings. The summed E-state index contributed by atoms with van der Waals surface area (Å²) in [5.74, 6) is -0.156. The minimum absolute atomic E-state index is 0.154. The van der Waals surface area contributed by atoms with Gasteiger partial charge in [-0.1, -0.05) is 35.0 Å². The van der Waals surface area contributed by atoms with Crippen LogP contribution in [0.5, 0.6) is 0 Å². The Hall–Kier alpha value is -1.80. The quantitative estimate of drug-likeness (QED) is 0.321. The summed E-state index contributed by atoms with van der Waals surface area (Å²) in [6, 6.07) is 14.4. The molecule has 3 N–H and O–H groups in total. The highest BCUT2D eigenvalue weighted by Gasteiger charge is 2.15. The van der Waals surface area contributed by atoms with Gasteiger partial charge in [-0.2, -0.15) is 0 Å². The van der Waals surface area contributed by atoms with Crippen LogP contribution in [0.25, 0.3) is 0 Å². The Morgan fingerprint density at radius 2 is 2.04 bits per heavy atom. The van der Waals surface area contributed by atoms with Crippen LogP contribution in [0.15, 0.2) is 53.7 Å². The zero-order chi connectivity index (χ0) is 16.8. The summed E-state index contributed by atoms with van der Waals surface area (Å²) >= 11 is 8.06. The van der Waals surface area contributed by atoms with Crippen LogP contribution in [0, 0.1) is 3.57 Å². The predicted molar refractivity (Wildman–Crippen MR) is 101 cm³/mol. The van der Waals surface area contributed by atoms with Gasteiger partial charge < -0.3 is 15.9 Å². The van der Waals surface area contributed by atoms with Gasteiger partial charge in [-0.3, -0.25) is 4.79 Å². The van der Waals surface area contributed by atoms with E-state index >= 15 is 0 Å². The first-order valence-corrected chi connectivity index (χ1v) is 8.23. The van der Waals surface area contributed by atoms with Crippen molar-refractivity contribution in [3.63, 3.8) is 0 Å². The van der Waals surface area contributed by atoms with Gasteiger partial charge in [-0.25, -0.2) is 0 Å². The molecule has 0 aromatic heterocycles. The first-order chi connectivity index (χ1) is 11.0. The second-order valence-corrected chi connectivity index (χ2v) is 6.42. The van der Waals surface area contributed by atoms with Gasteiger partial charge in [-0.15, -0.1) is 0 Å². The molecular formula is C16H15ClIN3O2. The highest BCUT2D eigenvalue weighted by molar-refractivity contribution is 14.1. The fourth-order valence-corrected chi connectivity index (χ4v) is 2.43. The number of oxime groups is 1. The van der Waals surface area contributed by atoms with E-state index in [0.717, 1.165) is 3.57 Å². The molecule has 1 amide bonds. The van der Waals surface area contributed by atoms with Crippen LogP contribution in [0.2, 0.25) is 5.02 Å². The predicted octanol–water partition coefficient (Wildman–Crippen LogP) is 3.61. The maximum absolute atomic E-state index is 12.1. The minimum atomic E-state index is -0.786. The number of nitrogens with two attached hydrogens (primary N) is 1. The maximum Gasteiger partial charge on any atom is 0.267 e. The van der Waals surface area contributed by atoms with Crippen molar-refractivity contribution in [1.29, 1.82) is 0 Å². The molecule has 120 valence electrons. The van der Waals surface area contributed by atoms with Crippen molar-refractivity contribution in [3.8, 4) is 0 Å². The topological polar surface area (TPSA) is 76.7 Å². The van der Waals surface area contributed by atoms with Gasteiger partial charge in [0.05, 0.1) is 0 Å². The molecule has 0 aliphatic heterocycles. The SMILES string of the molecule is CC(ON=C(N)c1cccc(Cl)c1)C(=O)Nc1cccc(I)c1. The summed E-state index contributed by atoms with van der Waals surface area (Å²) in [6.45, 7) is 1.60. The van der Waals surface area contributed by atoms with Gasteiger partial charge in [0.1, 0.15) is 0 Å². The summed E-state index contributed by atoms with van der Waals surface area (Å²) in [6.07, 6.45) is -0.786. The molecule has 2 aromatic rings. The molecule has 5 nitrogen and oxygen atoms in total. The molecule has 0 spiro atoms. The Morgan fingerprint density at radius 3 is 2.74 bits per heavy atom. The molecule has 0 aliphatic carbocycles. The Kier molecular flexibility index (Phi) is 6.23. The average Bonchev–Trinajstić information content (AvgIpc) is 2.52. The van der Waals surface area contributed by atoms with E-state index in [1.54, 1.807) is 37.3 Å². The Morgan fingerprint density at radius 1 is 1.30 bits per heavy atom. The first-order valence-electron chi connectivity index (χ1n) is 6.77. The lowest BCUT2D eigenvalue weighted by molar-refractivity contribution is -0.126. The number of hydrogen-bond acceptors (Lipinski definition) is 3. The fraction of sp³-hybridized carbons (Fsp3) is 0.125. The Balaban J connectivity index is 1.96. The van der Waals surface area contributed by atoms with Crippen molar-refractivity contribution in [2.45, 2.75) is 13.0 Å². The third-order valence-electron chi connectivity index (χ3n) is 2.89. The van der Waals surface area contributed by atoms with Gasteiger partial charge in [0.25, 0.3) is 5.91 Å². The number of rotatable bonds is 5. The van der Waals surface area contributed by atoms with Gasteiger partial charge >= 0.3 is 0 Å². The summed E-state index contributed by atoms with van der Waals surface area (Å²) in [5, 5.41) is 7.09. The van der Waals surface area contributed by atoms with E-state index in [9.17, 15) is 4.79 Å². The van der Waals surface area contributed by atoms with E-state index in [4.69, 9.17) is 22.2 Å². The van der Waals surface area contributed by atoms with Crippen molar-refractivity contribution in [2.75, 3.05) is 5.32 Å². The number of benzene rings is 2. The number of anilines is 1. The molecule has 0 fully saturated rings. The lowest BCUT2D eigenvalue weighted by atomic mass is 10.2. The summed E-state index contributed by atoms with van der Waals surface area (Å²) < 4.78 is 1.03. The number of carbonyl (C=O) groups is 1. The van der Waals surface area contributed by atoms with Crippen LogP contribution in [0.1, 0.15) is 12.5 Å². The molecule has 2 rings (SSSR count). The van der Waals surface area contributed by atoms with E-state index in [2.05, 4.69) is 33.1 Å². The van der Waals surface area contributed by atoms with Gasteiger partial charge in [0, 0.05) is 19.8 Å². The zero-order valence-electron chi connectivity index (χ0n) is 12.3. The number of nitrogens with zero attached hydrogens (tertiary/aromatic N) is 1. The maximum atomic E-state index is 12.1. The van der Waals surface area contributed by atoms with Crippen LogP contribution in [0.4, 0.5) is 5.69 Å².